The molecule has 0 aliphatic carbocycles. The van der Waals surface area contributed by atoms with Crippen LogP contribution in [0.4, 0.5) is 0 Å². The summed E-state index contributed by atoms with van der Waals surface area (Å²) in [7, 11) is 0. The van der Waals surface area contributed by atoms with Gasteiger partial charge in [-0.1, -0.05) is 13.8 Å². The minimum Gasteiger partial charge on any atom is -0.480 e. The second-order valence-electron chi connectivity index (χ2n) is 5.64. The van der Waals surface area contributed by atoms with Gasteiger partial charge in [-0.25, -0.2) is 0 Å². The van der Waals surface area contributed by atoms with Gasteiger partial charge in [0.25, 0.3) is 0 Å². The first-order valence-corrected chi connectivity index (χ1v) is 7.40. The number of hydrogen-bond donors (Lipinski definition) is 2. The average molecular weight is 285 g/mol. The number of nitrogens with one attached hydrogen (secondary N) is 1. The predicted octanol–water partition coefficient (Wildman–Crippen LogP) is 0.382. The second-order valence-corrected chi connectivity index (χ2v) is 5.64. The molecule has 0 spiro atoms. The molecule has 1 atom stereocenters. The lowest BCUT2D eigenvalue weighted by Crippen LogP contribution is -2.53. The van der Waals surface area contributed by atoms with Crippen molar-refractivity contribution in [3.63, 3.8) is 0 Å². The molecule has 1 aliphatic heterocycles. The third kappa shape index (κ3) is 5.46. The van der Waals surface area contributed by atoms with E-state index >= 15 is 0 Å². The Bertz CT molecular complexity index is 326. The molecular formula is C14H27N3O3. The Morgan fingerprint density at radius 3 is 2.25 bits per heavy atom. The molecule has 0 aromatic heterocycles. The van der Waals surface area contributed by atoms with Gasteiger partial charge in [0.15, 0.2) is 0 Å². The fourth-order valence-corrected chi connectivity index (χ4v) is 2.30. The fourth-order valence-electron chi connectivity index (χ4n) is 2.30. The Balaban J connectivity index is 2.23. The highest BCUT2D eigenvalue weighted by Crippen LogP contribution is 2.08. The van der Waals surface area contributed by atoms with Crippen molar-refractivity contribution in [3.8, 4) is 0 Å². The topological polar surface area (TPSA) is 72.9 Å². The molecule has 1 rings (SSSR count). The highest BCUT2D eigenvalue weighted by molar-refractivity contribution is 5.76. The maximum atomic E-state index is 12.0. The molecule has 1 saturated heterocycles. The van der Waals surface area contributed by atoms with Crippen LogP contribution >= 0.6 is 0 Å². The smallest absolute Gasteiger partial charge is 0.320 e. The summed E-state index contributed by atoms with van der Waals surface area (Å²) in [5, 5.41) is 12.3. The zero-order valence-electron chi connectivity index (χ0n) is 12.8. The van der Waals surface area contributed by atoms with E-state index < -0.39 is 12.0 Å². The van der Waals surface area contributed by atoms with Crippen LogP contribution < -0.4 is 5.32 Å². The second kappa shape index (κ2) is 8.21. The van der Waals surface area contributed by atoms with Crippen LogP contribution in [0.1, 0.15) is 33.6 Å². The summed E-state index contributed by atoms with van der Waals surface area (Å²) in [6.07, 6.45) is 1.41. The summed E-state index contributed by atoms with van der Waals surface area (Å²) < 4.78 is 0. The van der Waals surface area contributed by atoms with Crippen molar-refractivity contribution in [1.82, 2.24) is 15.1 Å². The van der Waals surface area contributed by atoms with Crippen LogP contribution in [0.25, 0.3) is 0 Å². The van der Waals surface area contributed by atoms with Gasteiger partial charge in [0.2, 0.25) is 5.91 Å². The predicted molar refractivity (Wildman–Crippen MR) is 77.6 cm³/mol. The Kier molecular flexibility index (Phi) is 6.95. The van der Waals surface area contributed by atoms with E-state index in [1.54, 1.807) is 6.92 Å². The van der Waals surface area contributed by atoms with Gasteiger partial charge >= 0.3 is 5.97 Å². The summed E-state index contributed by atoms with van der Waals surface area (Å²) in [5.41, 5.74) is 0. The van der Waals surface area contributed by atoms with Gasteiger partial charge in [-0.05, 0) is 19.9 Å². The summed E-state index contributed by atoms with van der Waals surface area (Å²) in [5.74, 6) is -0.622. The normalized spacial score (nSPS) is 18.3. The molecule has 6 nitrogen and oxygen atoms in total. The van der Waals surface area contributed by atoms with Crippen LogP contribution in [0, 0.1) is 0 Å². The zero-order valence-corrected chi connectivity index (χ0v) is 12.8. The maximum absolute atomic E-state index is 12.0. The summed E-state index contributed by atoms with van der Waals surface area (Å²) >= 11 is 0. The first-order chi connectivity index (χ1) is 9.41. The lowest BCUT2D eigenvalue weighted by atomic mass is 10.2. The molecule has 1 aliphatic rings. The van der Waals surface area contributed by atoms with Gasteiger partial charge in [0, 0.05) is 38.6 Å². The average Bonchev–Trinajstić information content (AvgIpc) is 2.42. The molecule has 1 heterocycles. The van der Waals surface area contributed by atoms with Crippen molar-refractivity contribution in [2.75, 3.05) is 32.7 Å². The van der Waals surface area contributed by atoms with Gasteiger partial charge in [0.1, 0.15) is 6.04 Å². The van der Waals surface area contributed by atoms with Crippen LogP contribution in [0.5, 0.6) is 0 Å². The zero-order chi connectivity index (χ0) is 15.1. The van der Waals surface area contributed by atoms with Crippen molar-refractivity contribution in [1.29, 1.82) is 0 Å². The number of carbonyl (C=O) groups is 2. The van der Waals surface area contributed by atoms with Crippen LogP contribution in [0.15, 0.2) is 0 Å². The highest BCUT2D eigenvalue weighted by atomic mass is 16.4. The van der Waals surface area contributed by atoms with Crippen LogP contribution in [0.2, 0.25) is 0 Å². The van der Waals surface area contributed by atoms with Crippen molar-refractivity contribution >= 4 is 11.9 Å². The molecule has 6 heteroatoms. The van der Waals surface area contributed by atoms with Crippen molar-refractivity contribution in [3.05, 3.63) is 0 Å². The van der Waals surface area contributed by atoms with Crippen LogP contribution in [-0.4, -0.2) is 71.6 Å². The van der Waals surface area contributed by atoms with E-state index in [1.807, 2.05) is 9.80 Å². The van der Waals surface area contributed by atoms with E-state index in [0.717, 1.165) is 13.0 Å². The van der Waals surface area contributed by atoms with E-state index in [0.29, 0.717) is 38.6 Å². The maximum Gasteiger partial charge on any atom is 0.320 e. The van der Waals surface area contributed by atoms with E-state index in [1.165, 1.54) is 0 Å². The number of amides is 1. The standard InChI is InChI=1S/C14H27N3O3/c1-11(2)15-6-4-5-13(18)17-9-7-16(8-10-17)12(3)14(19)20/h11-12,15H,4-10H2,1-3H3,(H,19,20). The minimum absolute atomic E-state index is 0.179. The number of carboxylic acids is 1. The molecule has 1 unspecified atom stereocenters. The molecular weight excluding hydrogens is 258 g/mol. The molecule has 0 aromatic carbocycles. The highest BCUT2D eigenvalue weighted by Gasteiger charge is 2.26. The molecule has 0 radical (unpaired) electrons. The lowest BCUT2D eigenvalue weighted by molar-refractivity contribution is -0.144. The van der Waals surface area contributed by atoms with E-state index in [4.69, 9.17) is 5.11 Å². The largest absolute Gasteiger partial charge is 0.480 e. The quantitative estimate of drug-likeness (QED) is 0.662. The summed E-state index contributed by atoms with van der Waals surface area (Å²) in [6, 6.07) is -0.0198. The number of aliphatic carboxylic acids is 1. The summed E-state index contributed by atoms with van der Waals surface area (Å²) in [6.45, 7) is 9.28. The minimum atomic E-state index is -0.801. The molecule has 1 fully saturated rings. The number of carboxylic acid groups (broad SMARTS) is 1. The molecule has 20 heavy (non-hydrogen) atoms. The molecule has 116 valence electrons. The van der Waals surface area contributed by atoms with Crippen LogP contribution in [0.3, 0.4) is 0 Å². The van der Waals surface area contributed by atoms with Gasteiger partial charge < -0.3 is 15.3 Å². The van der Waals surface area contributed by atoms with Gasteiger partial charge in [-0.2, -0.15) is 0 Å². The Morgan fingerprint density at radius 2 is 1.75 bits per heavy atom. The van der Waals surface area contributed by atoms with Crippen molar-refractivity contribution < 1.29 is 14.7 Å². The summed E-state index contributed by atoms with van der Waals surface area (Å²) in [4.78, 5) is 26.7. The molecule has 2 N–H and O–H groups in total. The van der Waals surface area contributed by atoms with Crippen LogP contribution in [-0.2, 0) is 9.59 Å². The van der Waals surface area contributed by atoms with Gasteiger partial charge in [-0.3, -0.25) is 14.5 Å². The monoisotopic (exact) mass is 285 g/mol. The first-order valence-electron chi connectivity index (χ1n) is 7.40. The van der Waals surface area contributed by atoms with Gasteiger partial charge in [0.05, 0.1) is 0 Å². The Labute approximate surface area is 121 Å². The number of carbonyl (C=O) groups excluding carboxylic acids is 1. The lowest BCUT2D eigenvalue weighted by Gasteiger charge is -2.36. The first kappa shape index (κ1) is 16.9. The number of hydrogen-bond acceptors (Lipinski definition) is 4. The molecule has 0 aromatic rings. The number of rotatable bonds is 7. The third-order valence-electron chi connectivity index (χ3n) is 3.69. The SMILES string of the molecule is CC(C)NCCCC(=O)N1CCN(C(C)C(=O)O)CC1. The fraction of sp³-hybridized carbons (Fsp3) is 0.857. The Hall–Kier alpha value is -1.14. The third-order valence-corrected chi connectivity index (χ3v) is 3.69. The Morgan fingerprint density at radius 1 is 1.15 bits per heavy atom. The van der Waals surface area contributed by atoms with Crippen molar-refractivity contribution in [2.45, 2.75) is 45.7 Å². The molecule has 1 amide bonds. The van der Waals surface area contributed by atoms with E-state index in [9.17, 15) is 9.59 Å². The van der Waals surface area contributed by atoms with Gasteiger partial charge in [-0.15, -0.1) is 0 Å². The molecule has 0 saturated carbocycles. The van der Waals surface area contributed by atoms with E-state index in [-0.39, 0.29) is 5.91 Å². The van der Waals surface area contributed by atoms with E-state index in [2.05, 4.69) is 19.2 Å². The number of nitrogens with zero attached hydrogens (tertiary/aromatic N) is 2. The van der Waals surface area contributed by atoms with Crippen molar-refractivity contribution in [2.24, 2.45) is 0 Å². The number of piperazine rings is 1. The molecule has 0 bridgehead atoms.